The number of nitrogens with zero attached hydrogens (tertiary/aromatic N) is 1. The van der Waals surface area contributed by atoms with Gasteiger partial charge in [0, 0.05) is 42.8 Å². The number of aromatic hydroxyl groups is 1. The molecule has 0 amide bonds. The second kappa shape index (κ2) is 7.12. The lowest BCUT2D eigenvalue weighted by Gasteiger charge is -2.37. The molecule has 1 aromatic rings. The minimum Gasteiger partial charge on any atom is -0.506 e. The van der Waals surface area contributed by atoms with Gasteiger partial charge >= 0.3 is 0 Å². The first-order chi connectivity index (χ1) is 9.50. The van der Waals surface area contributed by atoms with E-state index in [0.29, 0.717) is 15.4 Å². The first-order valence-electron chi connectivity index (χ1n) is 7.12. The lowest BCUT2D eigenvalue weighted by Crippen LogP contribution is -2.45. The number of hydrogen-bond donors (Lipinski definition) is 2. The summed E-state index contributed by atoms with van der Waals surface area (Å²) in [5, 5.41) is 14.4. The Morgan fingerprint density at radius 1 is 1.35 bits per heavy atom. The molecule has 0 bridgehead atoms. The van der Waals surface area contributed by atoms with Crippen molar-refractivity contribution in [2.45, 2.75) is 26.3 Å². The number of piperazine rings is 1. The largest absolute Gasteiger partial charge is 0.506 e. The minimum absolute atomic E-state index is 0.169. The summed E-state index contributed by atoms with van der Waals surface area (Å²) < 4.78 is 0.709. The molecule has 1 heterocycles. The van der Waals surface area contributed by atoms with Gasteiger partial charge in [-0.3, -0.25) is 4.90 Å². The Morgan fingerprint density at radius 2 is 2.00 bits per heavy atom. The number of benzene rings is 1. The van der Waals surface area contributed by atoms with Crippen molar-refractivity contribution in [3.05, 3.63) is 27.2 Å². The Labute approximate surface area is 134 Å². The predicted molar refractivity (Wildman–Crippen MR) is 87.5 cm³/mol. The zero-order valence-corrected chi connectivity index (χ0v) is 14.3. The van der Waals surface area contributed by atoms with Gasteiger partial charge in [0.15, 0.2) is 0 Å². The Balaban J connectivity index is 2.37. The Kier molecular flexibility index (Phi) is 5.73. The SMILES string of the molecule is CC(C)C[C@H](c1c(Cl)ccc(Br)c1O)N1CCNCC1. The van der Waals surface area contributed by atoms with E-state index in [0.717, 1.165) is 38.2 Å². The molecule has 1 fully saturated rings. The van der Waals surface area contributed by atoms with Crippen LogP contribution in [0.25, 0.3) is 0 Å². The highest BCUT2D eigenvalue weighted by Crippen LogP contribution is 2.42. The highest BCUT2D eigenvalue weighted by atomic mass is 79.9. The van der Waals surface area contributed by atoms with Crippen LogP contribution in [0.5, 0.6) is 5.75 Å². The highest BCUT2D eigenvalue weighted by Gasteiger charge is 2.28. The van der Waals surface area contributed by atoms with Crippen LogP contribution in [0, 0.1) is 5.92 Å². The van der Waals surface area contributed by atoms with Crippen molar-refractivity contribution in [1.82, 2.24) is 10.2 Å². The van der Waals surface area contributed by atoms with Crippen molar-refractivity contribution in [1.29, 1.82) is 0 Å². The minimum atomic E-state index is 0.169. The number of rotatable bonds is 4. The van der Waals surface area contributed by atoms with E-state index in [1.165, 1.54) is 0 Å². The lowest BCUT2D eigenvalue weighted by atomic mass is 9.94. The molecule has 20 heavy (non-hydrogen) atoms. The average molecular weight is 362 g/mol. The summed E-state index contributed by atoms with van der Waals surface area (Å²) in [6.45, 7) is 8.36. The third-order valence-corrected chi connectivity index (χ3v) is 4.70. The summed E-state index contributed by atoms with van der Waals surface area (Å²) >= 11 is 9.78. The van der Waals surface area contributed by atoms with Gasteiger partial charge in [0.2, 0.25) is 0 Å². The van der Waals surface area contributed by atoms with Gasteiger partial charge in [-0.1, -0.05) is 25.4 Å². The van der Waals surface area contributed by atoms with E-state index in [4.69, 9.17) is 11.6 Å². The Morgan fingerprint density at radius 3 is 2.60 bits per heavy atom. The quantitative estimate of drug-likeness (QED) is 0.856. The van der Waals surface area contributed by atoms with Crippen molar-refractivity contribution < 1.29 is 5.11 Å². The van der Waals surface area contributed by atoms with Gasteiger partial charge in [0.05, 0.1) is 4.47 Å². The molecule has 0 spiro atoms. The van der Waals surface area contributed by atoms with Crippen molar-refractivity contribution in [3.8, 4) is 5.75 Å². The third-order valence-electron chi connectivity index (χ3n) is 3.73. The van der Waals surface area contributed by atoms with Gasteiger partial charge in [-0.15, -0.1) is 0 Å². The summed E-state index contributed by atoms with van der Waals surface area (Å²) in [7, 11) is 0. The standard InChI is InChI=1S/C15H22BrClN2O/c1-10(2)9-13(19-7-5-18-6-8-19)14-12(17)4-3-11(16)15(14)20/h3-4,10,13,18,20H,5-9H2,1-2H3/t13-/m1/s1. The molecule has 112 valence electrons. The van der Waals surface area contributed by atoms with Crippen molar-refractivity contribution in [2.75, 3.05) is 26.2 Å². The molecular formula is C15H22BrClN2O. The van der Waals surface area contributed by atoms with E-state index >= 15 is 0 Å². The maximum absolute atomic E-state index is 10.4. The van der Waals surface area contributed by atoms with Crippen LogP contribution < -0.4 is 5.32 Å². The molecule has 0 aromatic heterocycles. The zero-order chi connectivity index (χ0) is 14.7. The Bertz CT molecular complexity index is 461. The van der Waals surface area contributed by atoms with E-state index in [1.54, 1.807) is 6.07 Å². The van der Waals surface area contributed by atoms with Gasteiger partial charge in [-0.05, 0) is 40.4 Å². The average Bonchev–Trinajstić information content (AvgIpc) is 2.43. The molecule has 1 aromatic carbocycles. The summed E-state index contributed by atoms with van der Waals surface area (Å²) in [5.41, 5.74) is 0.858. The van der Waals surface area contributed by atoms with Crippen LogP contribution >= 0.6 is 27.5 Å². The fourth-order valence-corrected chi connectivity index (χ4v) is 3.39. The van der Waals surface area contributed by atoms with E-state index in [1.807, 2.05) is 6.07 Å². The fourth-order valence-electron chi connectivity index (χ4n) is 2.76. The number of halogens is 2. The molecule has 1 aliphatic heterocycles. The van der Waals surface area contributed by atoms with Crippen LogP contribution in [0.3, 0.4) is 0 Å². The molecule has 2 rings (SSSR count). The molecule has 0 radical (unpaired) electrons. The zero-order valence-electron chi connectivity index (χ0n) is 12.0. The first-order valence-corrected chi connectivity index (χ1v) is 8.29. The first kappa shape index (κ1) is 16.1. The van der Waals surface area contributed by atoms with Crippen LogP contribution in [-0.4, -0.2) is 36.2 Å². The van der Waals surface area contributed by atoms with Crippen molar-refractivity contribution >= 4 is 27.5 Å². The maximum atomic E-state index is 10.4. The van der Waals surface area contributed by atoms with E-state index in [2.05, 4.69) is 40.0 Å². The van der Waals surface area contributed by atoms with Crippen LogP contribution in [0.4, 0.5) is 0 Å². The lowest BCUT2D eigenvalue weighted by molar-refractivity contribution is 0.151. The van der Waals surface area contributed by atoms with Gasteiger partial charge in [0.1, 0.15) is 5.75 Å². The van der Waals surface area contributed by atoms with Gasteiger partial charge in [-0.25, -0.2) is 0 Å². The van der Waals surface area contributed by atoms with E-state index < -0.39 is 0 Å². The van der Waals surface area contributed by atoms with Crippen LogP contribution in [0.15, 0.2) is 16.6 Å². The molecule has 3 nitrogen and oxygen atoms in total. The summed E-state index contributed by atoms with van der Waals surface area (Å²) in [6.07, 6.45) is 0.990. The van der Waals surface area contributed by atoms with E-state index in [9.17, 15) is 5.11 Å². The highest BCUT2D eigenvalue weighted by molar-refractivity contribution is 9.10. The number of phenolic OH excluding ortho intramolecular Hbond substituents is 1. The molecule has 0 aliphatic carbocycles. The summed E-state index contributed by atoms with van der Waals surface area (Å²) in [5.74, 6) is 0.825. The number of hydrogen-bond acceptors (Lipinski definition) is 3. The molecule has 2 N–H and O–H groups in total. The van der Waals surface area contributed by atoms with Crippen LogP contribution in [0.1, 0.15) is 31.9 Å². The van der Waals surface area contributed by atoms with Crippen LogP contribution in [-0.2, 0) is 0 Å². The van der Waals surface area contributed by atoms with E-state index in [-0.39, 0.29) is 11.8 Å². The molecule has 1 aliphatic rings. The smallest absolute Gasteiger partial charge is 0.136 e. The monoisotopic (exact) mass is 360 g/mol. The topological polar surface area (TPSA) is 35.5 Å². The van der Waals surface area contributed by atoms with Gasteiger partial charge in [-0.2, -0.15) is 0 Å². The molecule has 1 atom stereocenters. The molecule has 5 heteroatoms. The Hall–Kier alpha value is -0.290. The van der Waals surface area contributed by atoms with Gasteiger partial charge in [0.25, 0.3) is 0 Å². The second-order valence-electron chi connectivity index (χ2n) is 5.72. The number of nitrogens with one attached hydrogen (secondary N) is 1. The predicted octanol–water partition coefficient (Wildman–Crippen LogP) is 3.80. The second-order valence-corrected chi connectivity index (χ2v) is 6.98. The van der Waals surface area contributed by atoms with Crippen LogP contribution in [0.2, 0.25) is 5.02 Å². The fraction of sp³-hybridized carbons (Fsp3) is 0.600. The number of phenols is 1. The summed E-state index contributed by atoms with van der Waals surface area (Å²) in [4.78, 5) is 2.42. The summed E-state index contributed by atoms with van der Waals surface area (Å²) in [6, 6.07) is 3.82. The molecule has 0 saturated carbocycles. The van der Waals surface area contributed by atoms with Gasteiger partial charge < -0.3 is 10.4 Å². The molecular weight excluding hydrogens is 340 g/mol. The molecule has 1 saturated heterocycles. The maximum Gasteiger partial charge on any atom is 0.136 e. The van der Waals surface area contributed by atoms with Crippen molar-refractivity contribution in [3.63, 3.8) is 0 Å². The molecule has 0 unspecified atom stereocenters. The van der Waals surface area contributed by atoms with Crippen molar-refractivity contribution in [2.24, 2.45) is 5.92 Å². The third kappa shape index (κ3) is 3.67. The normalized spacial score (nSPS) is 18.4.